The lowest BCUT2D eigenvalue weighted by Gasteiger charge is -2.26. The smallest absolute Gasteiger partial charge is 0.253 e. The highest BCUT2D eigenvalue weighted by Gasteiger charge is 2.33. The van der Waals surface area contributed by atoms with E-state index >= 15 is 0 Å². The third kappa shape index (κ3) is 5.72. The molecule has 0 bridgehead atoms. The second-order valence-electron chi connectivity index (χ2n) is 7.35. The summed E-state index contributed by atoms with van der Waals surface area (Å²) in [5.41, 5.74) is 7.07. The summed E-state index contributed by atoms with van der Waals surface area (Å²) in [4.78, 5) is 27.7. The number of carbonyl (C=O) groups excluding carboxylic acids is 2. The van der Waals surface area contributed by atoms with E-state index in [1.165, 1.54) is 0 Å². The third-order valence-electron chi connectivity index (χ3n) is 5.32. The molecule has 0 aliphatic carbocycles. The van der Waals surface area contributed by atoms with Gasteiger partial charge in [-0.05, 0) is 43.5 Å². The van der Waals surface area contributed by atoms with Crippen molar-refractivity contribution < 1.29 is 9.59 Å². The van der Waals surface area contributed by atoms with Crippen LogP contribution in [0.4, 0.5) is 0 Å². The zero-order valence-corrected chi connectivity index (χ0v) is 18.0. The van der Waals surface area contributed by atoms with E-state index in [2.05, 4.69) is 5.32 Å². The van der Waals surface area contributed by atoms with E-state index < -0.39 is 6.04 Å². The van der Waals surface area contributed by atoms with Crippen LogP contribution in [0.15, 0.2) is 54.6 Å². The molecule has 2 aromatic rings. The number of likely N-dealkylation sites (tertiary alicyclic amines) is 1. The second-order valence-corrected chi connectivity index (χ2v) is 7.76. The molecule has 0 aromatic heterocycles. The molecule has 0 spiro atoms. The zero-order chi connectivity index (χ0) is 20.1. The van der Waals surface area contributed by atoms with Gasteiger partial charge in [0.05, 0.1) is 23.0 Å². The molecule has 1 aliphatic heterocycles. The number of benzene rings is 2. The normalized spacial score (nSPS) is 19.3. The van der Waals surface area contributed by atoms with Gasteiger partial charge < -0.3 is 16.0 Å². The van der Waals surface area contributed by atoms with Crippen LogP contribution in [0.2, 0.25) is 5.02 Å². The zero-order valence-electron chi connectivity index (χ0n) is 16.4. The van der Waals surface area contributed by atoms with E-state index in [-0.39, 0.29) is 36.7 Å². The molecule has 0 saturated carbocycles. The fraction of sp³-hybridized carbons (Fsp3) is 0.364. The molecular weight excluding hydrogens is 409 g/mol. The Morgan fingerprint density at radius 1 is 1.17 bits per heavy atom. The van der Waals surface area contributed by atoms with Gasteiger partial charge in [-0.15, -0.1) is 12.4 Å². The van der Waals surface area contributed by atoms with Crippen molar-refractivity contribution in [2.75, 3.05) is 13.1 Å². The molecule has 3 rings (SSSR count). The number of nitrogens with zero attached hydrogens (tertiary/aromatic N) is 1. The quantitative estimate of drug-likeness (QED) is 0.723. The van der Waals surface area contributed by atoms with Crippen LogP contribution in [-0.2, 0) is 4.79 Å². The Balaban J connectivity index is 0.00000300. The van der Waals surface area contributed by atoms with Gasteiger partial charge in [0, 0.05) is 12.6 Å². The molecule has 1 saturated heterocycles. The summed E-state index contributed by atoms with van der Waals surface area (Å²) in [7, 11) is 0. The van der Waals surface area contributed by atoms with Crippen molar-refractivity contribution in [3.05, 3.63) is 70.7 Å². The Morgan fingerprint density at radius 3 is 2.45 bits per heavy atom. The molecule has 3 unspecified atom stereocenters. The molecule has 29 heavy (non-hydrogen) atoms. The van der Waals surface area contributed by atoms with Gasteiger partial charge in [-0.3, -0.25) is 9.59 Å². The summed E-state index contributed by atoms with van der Waals surface area (Å²) in [5.74, 6) is 0.0742. The van der Waals surface area contributed by atoms with Crippen LogP contribution < -0.4 is 11.1 Å². The fourth-order valence-corrected chi connectivity index (χ4v) is 3.99. The van der Waals surface area contributed by atoms with E-state index in [9.17, 15) is 9.59 Å². The molecule has 5 nitrogen and oxygen atoms in total. The highest BCUT2D eigenvalue weighted by Crippen LogP contribution is 2.26. The number of halogens is 2. The predicted molar refractivity (Wildman–Crippen MR) is 118 cm³/mol. The Labute approximate surface area is 183 Å². The molecule has 3 atom stereocenters. The summed E-state index contributed by atoms with van der Waals surface area (Å²) < 4.78 is 0. The summed E-state index contributed by atoms with van der Waals surface area (Å²) in [6.45, 7) is 3.31. The van der Waals surface area contributed by atoms with Gasteiger partial charge in [0.2, 0.25) is 5.91 Å². The first-order chi connectivity index (χ1) is 13.5. The molecule has 0 radical (unpaired) electrons. The second kappa shape index (κ2) is 10.6. The van der Waals surface area contributed by atoms with Crippen LogP contribution in [-0.4, -0.2) is 35.8 Å². The number of hydrogen-bond donors (Lipinski definition) is 2. The Bertz CT molecular complexity index is 832. The first-order valence-electron chi connectivity index (χ1n) is 9.59. The van der Waals surface area contributed by atoms with Crippen LogP contribution in [0.5, 0.6) is 0 Å². The van der Waals surface area contributed by atoms with E-state index in [4.69, 9.17) is 17.3 Å². The van der Waals surface area contributed by atoms with Gasteiger partial charge in [0.25, 0.3) is 5.91 Å². The van der Waals surface area contributed by atoms with Gasteiger partial charge in [0.1, 0.15) is 0 Å². The van der Waals surface area contributed by atoms with Gasteiger partial charge in [-0.25, -0.2) is 0 Å². The highest BCUT2D eigenvalue weighted by molar-refractivity contribution is 6.33. The SMILES string of the molecule is CC1CC(CN)CN1C(=O)CC(NC(=O)c1ccccc1Cl)c1ccccc1.Cl. The lowest BCUT2D eigenvalue weighted by Crippen LogP contribution is -2.38. The maximum Gasteiger partial charge on any atom is 0.253 e. The van der Waals surface area contributed by atoms with Crippen LogP contribution in [0.3, 0.4) is 0 Å². The van der Waals surface area contributed by atoms with Crippen LogP contribution in [0.25, 0.3) is 0 Å². The minimum Gasteiger partial charge on any atom is -0.345 e. The largest absolute Gasteiger partial charge is 0.345 e. The van der Waals surface area contributed by atoms with Crippen molar-refractivity contribution in [1.29, 1.82) is 0 Å². The fourth-order valence-electron chi connectivity index (χ4n) is 3.77. The van der Waals surface area contributed by atoms with Gasteiger partial charge >= 0.3 is 0 Å². The summed E-state index contributed by atoms with van der Waals surface area (Å²) in [6.07, 6.45) is 1.12. The topological polar surface area (TPSA) is 75.4 Å². The van der Waals surface area contributed by atoms with Crippen molar-refractivity contribution in [3.63, 3.8) is 0 Å². The maximum atomic E-state index is 13.0. The molecule has 1 aliphatic rings. The number of hydrogen-bond acceptors (Lipinski definition) is 3. The maximum absolute atomic E-state index is 13.0. The number of carbonyl (C=O) groups is 2. The average Bonchev–Trinajstić information content (AvgIpc) is 3.09. The molecule has 2 aromatic carbocycles. The third-order valence-corrected chi connectivity index (χ3v) is 5.65. The van der Waals surface area contributed by atoms with Crippen molar-refractivity contribution in [2.45, 2.75) is 31.8 Å². The average molecular weight is 436 g/mol. The van der Waals surface area contributed by atoms with E-state index in [0.717, 1.165) is 12.0 Å². The summed E-state index contributed by atoms with van der Waals surface area (Å²) >= 11 is 6.16. The van der Waals surface area contributed by atoms with E-state index in [0.29, 0.717) is 29.6 Å². The lowest BCUT2D eigenvalue weighted by molar-refractivity contribution is -0.132. The predicted octanol–water partition coefficient (Wildman–Crippen LogP) is 3.82. The van der Waals surface area contributed by atoms with E-state index in [1.54, 1.807) is 24.3 Å². The van der Waals surface area contributed by atoms with Gasteiger partial charge in [-0.1, -0.05) is 54.1 Å². The lowest BCUT2D eigenvalue weighted by atomic mass is 10.0. The highest BCUT2D eigenvalue weighted by atomic mass is 35.5. The monoisotopic (exact) mass is 435 g/mol. The first kappa shape index (κ1) is 23.2. The van der Waals surface area contributed by atoms with Crippen molar-refractivity contribution in [2.24, 2.45) is 11.7 Å². The van der Waals surface area contributed by atoms with Gasteiger partial charge in [0.15, 0.2) is 0 Å². The van der Waals surface area contributed by atoms with Crippen LogP contribution >= 0.6 is 24.0 Å². The number of rotatable bonds is 6. The van der Waals surface area contributed by atoms with Crippen LogP contribution in [0.1, 0.15) is 41.7 Å². The minimum absolute atomic E-state index is 0. The summed E-state index contributed by atoms with van der Waals surface area (Å²) in [6, 6.07) is 16.2. The standard InChI is InChI=1S/C22H26ClN3O2.ClH/c1-15-11-16(13-24)14-26(15)21(27)12-20(17-7-3-2-4-8-17)25-22(28)18-9-5-6-10-19(18)23;/h2-10,15-16,20H,11-14,24H2,1H3,(H,25,28);1H. The van der Waals surface area contributed by atoms with Crippen molar-refractivity contribution in [3.8, 4) is 0 Å². The number of nitrogens with one attached hydrogen (secondary N) is 1. The number of nitrogens with two attached hydrogens (primary N) is 1. The molecular formula is C22H27Cl2N3O2. The Hall–Kier alpha value is -2.08. The number of amides is 2. The van der Waals surface area contributed by atoms with Gasteiger partial charge in [-0.2, -0.15) is 0 Å². The summed E-state index contributed by atoms with van der Waals surface area (Å²) in [5, 5.41) is 3.38. The van der Waals surface area contributed by atoms with Crippen LogP contribution in [0, 0.1) is 5.92 Å². The minimum atomic E-state index is -0.429. The Morgan fingerprint density at radius 2 is 1.83 bits per heavy atom. The van der Waals surface area contributed by atoms with Crippen molar-refractivity contribution in [1.82, 2.24) is 10.2 Å². The molecule has 3 N–H and O–H groups in total. The van der Waals surface area contributed by atoms with E-state index in [1.807, 2.05) is 42.2 Å². The molecule has 1 heterocycles. The molecule has 1 fully saturated rings. The molecule has 7 heteroatoms. The first-order valence-corrected chi connectivity index (χ1v) is 9.97. The van der Waals surface area contributed by atoms with Crippen molar-refractivity contribution >= 4 is 35.8 Å². The molecule has 2 amide bonds. The Kier molecular flexibility index (Phi) is 8.50. The molecule has 156 valence electrons.